The van der Waals surface area contributed by atoms with Crippen molar-refractivity contribution in [2.75, 3.05) is 11.9 Å². The van der Waals surface area contributed by atoms with Gasteiger partial charge in [0.2, 0.25) is 11.8 Å². The molecule has 0 heterocycles. The van der Waals surface area contributed by atoms with Crippen molar-refractivity contribution in [1.82, 2.24) is 5.32 Å². The van der Waals surface area contributed by atoms with Crippen molar-refractivity contribution in [1.29, 1.82) is 0 Å². The summed E-state index contributed by atoms with van der Waals surface area (Å²) in [7, 11) is 0. The summed E-state index contributed by atoms with van der Waals surface area (Å²) in [6.07, 6.45) is 3.51. The zero-order valence-electron chi connectivity index (χ0n) is 13.1. The van der Waals surface area contributed by atoms with Gasteiger partial charge in [0.1, 0.15) is 0 Å². The second-order valence-electron chi connectivity index (χ2n) is 5.85. The van der Waals surface area contributed by atoms with Gasteiger partial charge in [0.05, 0.1) is 6.54 Å². The predicted octanol–water partition coefficient (Wildman–Crippen LogP) is 2.75. The van der Waals surface area contributed by atoms with Gasteiger partial charge in [-0.15, -0.1) is 12.4 Å². The van der Waals surface area contributed by atoms with Crippen molar-refractivity contribution in [2.45, 2.75) is 38.6 Å². The first-order chi connectivity index (χ1) is 10.5. The molecule has 2 unspecified atom stereocenters. The zero-order chi connectivity index (χ0) is 16.1. The summed E-state index contributed by atoms with van der Waals surface area (Å²) >= 11 is 3.37. The number of nitrogens with one attached hydrogen (secondary N) is 2. The van der Waals surface area contributed by atoms with Gasteiger partial charge in [-0.3, -0.25) is 9.59 Å². The Labute approximate surface area is 151 Å². The minimum atomic E-state index is -0.227. The van der Waals surface area contributed by atoms with Gasteiger partial charge in [0.15, 0.2) is 0 Å². The number of carbonyl (C=O) groups is 2. The average Bonchev–Trinajstić information content (AvgIpc) is 2.48. The summed E-state index contributed by atoms with van der Waals surface area (Å²) in [6, 6.07) is 5.78. The fourth-order valence-corrected chi connectivity index (χ4v) is 3.06. The Balaban J connectivity index is 0.00000264. The highest BCUT2D eigenvalue weighted by molar-refractivity contribution is 9.10. The number of anilines is 1. The molecule has 0 aromatic heterocycles. The van der Waals surface area contributed by atoms with Gasteiger partial charge >= 0.3 is 0 Å². The minimum absolute atomic E-state index is 0. The van der Waals surface area contributed by atoms with E-state index >= 15 is 0 Å². The second-order valence-corrected chi connectivity index (χ2v) is 6.76. The van der Waals surface area contributed by atoms with Gasteiger partial charge in [-0.05, 0) is 43.9 Å². The van der Waals surface area contributed by atoms with E-state index in [0.29, 0.717) is 6.42 Å². The van der Waals surface area contributed by atoms with Gasteiger partial charge in [-0.1, -0.05) is 28.4 Å². The van der Waals surface area contributed by atoms with Crippen LogP contribution in [-0.4, -0.2) is 24.4 Å². The number of halogens is 2. The lowest BCUT2D eigenvalue weighted by Crippen LogP contribution is -2.40. The molecule has 1 aromatic carbocycles. The highest BCUT2D eigenvalue weighted by atomic mass is 79.9. The maximum Gasteiger partial charge on any atom is 0.243 e. The van der Waals surface area contributed by atoms with Crippen LogP contribution in [-0.2, 0) is 9.59 Å². The Morgan fingerprint density at radius 2 is 2.09 bits per heavy atom. The number of nitrogens with two attached hydrogens (primary N) is 1. The maximum absolute atomic E-state index is 12.1. The fraction of sp³-hybridized carbons (Fsp3) is 0.500. The summed E-state index contributed by atoms with van der Waals surface area (Å²) in [4.78, 5) is 24.0. The van der Waals surface area contributed by atoms with Crippen LogP contribution in [0.4, 0.5) is 5.69 Å². The van der Waals surface area contributed by atoms with Crippen molar-refractivity contribution in [2.24, 2.45) is 11.7 Å². The average molecular weight is 405 g/mol. The molecule has 0 aliphatic heterocycles. The number of amides is 2. The summed E-state index contributed by atoms with van der Waals surface area (Å²) in [5.41, 5.74) is 7.61. The van der Waals surface area contributed by atoms with Crippen molar-refractivity contribution < 1.29 is 9.59 Å². The van der Waals surface area contributed by atoms with Crippen molar-refractivity contribution in [3.8, 4) is 0 Å². The molecule has 4 N–H and O–H groups in total. The summed E-state index contributed by atoms with van der Waals surface area (Å²) in [5, 5.41) is 5.52. The van der Waals surface area contributed by atoms with Crippen LogP contribution >= 0.6 is 28.3 Å². The van der Waals surface area contributed by atoms with Crippen LogP contribution in [0, 0.1) is 12.8 Å². The molecule has 1 aliphatic rings. The molecule has 2 amide bonds. The Morgan fingerprint density at radius 1 is 1.35 bits per heavy atom. The quantitative estimate of drug-likeness (QED) is 0.721. The number of rotatable bonds is 4. The molecule has 1 aliphatic carbocycles. The predicted molar refractivity (Wildman–Crippen MR) is 97.7 cm³/mol. The van der Waals surface area contributed by atoms with Crippen LogP contribution in [0.25, 0.3) is 0 Å². The minimum Gasteiger partial charge on any atom is -0.347 e. The Bertz CT molecular complexity index is 568. The third kappa shape index (κ3) is 6.12. The highest BCUT2D eigenvalue weighted by Gasteiger charge is 2.25. The smallest absolute Gasteiger partial charge is 0.243 e. The van der Waals surface area contributed by atoms with E-state index in [4.69, 9.17) is 5.73 Å². The van der Waals surface area contributed by atoms with Crippen LogP contribution in [0.5, 0.6) is 0 Å². The van der Waals surface area contributed by atoms with Crippen LogP contribution in [0.1, 0.15) is 31.2 Å². The van der Waals surface area contributed by atoms with Gasteiger partial charge in [0.25, 0.3) is 0 Å². The Hall–Kier alpha value is -1.11. The number of aryl methyl sites for hydroxylation is 1. The Kier molecular flexibility index (Phi) is 8.02. The number of hydrogen-bond acceptors (Lipinski definition) is 3. The first-order valence-corrected chi connectivity index (χ1v) is 8.34. The molecule has 2 rings (SSSR count). The van der Waals surface area contributed by atoms with Crippen molar-refractivity contribution in [3.05, 3.63) is 28.2 Å². The largest absolute Gasteiger partial charge is 0.347 e. The summed E-state index contributed by atoms with van der Waals surface area (Å²) in [5.74, 6) is -0.366. The van der Waals surface area contributed by atoms with Gasteiger partial charge in [0, 0.05) is 22.1 Å². The van der Waals surface area contributed by atoms with E-state index in [1.165, 1.54) is 0 Å². The summed E-state index contributed by atoms with van der Waals surface area (Å²) in [6.45, 7) is 1.90. The number of hydrogen-bond donors (Lipinski definition) is 3. The molecule has 2 atom stereocenters. The van der Waals surface area contributed by atoms with E-state index in [9.17, 15) is 9.59 Å². The Morgan fingerprint density at radius 3 is 2.78 bits per heavy atom. The molecule has 0 saturated heterocycles. The third-order valence-corrected chi connectivity index (χ3v) is 4.48. The fourth-order valence-electron chi connectivity index (χ4n) is 2.70. The number of benzene rings is 1. The molecule has 0 radical (unpaired) electrons. The molecule has 1 aromatic rings. The third-order valence-electron chi connectivity index (χ3n) is 3.98. The van der Waals surface area contributed by atoms with E-state index < -0.39 is 0 Å². The summed E-state index contributed by atoms with van der Waals surface area (Å²) < 4.78 is 0.897. The molecule has 1 saturated carbocycles. The van der Waals surface area contributed by atoms with Crippen LogP contribution in [0.15, 0.2) is 22.7 Å². The van der Waals surface area contributed by atoms with Crippen LogP contribution in [0.2, 0.25) is 0 Å². The molecular weight excluding hydrogens is 382 g/mol. The van der Waals surface area contributed by atoms with E-state index in [2.05, 4.69) is 26.6 Å². The SMILES string of the molecule is Cc1ccc(Br)cc1NC(=O)CNC(=O)C1CCCC(N)C1.Cl. The molecule has 1 fully saturated rings. The van der Waals surface area contributed by atoms with E-state index in [-0.39, 0.29) is 42.7 Å². The highest BCUT2D eigenvalue weighted by Crippen LogP contribution is 2.23. The molecule has 0 bridgehead atoms. The molecule has 23 heavy (non-hydrogen) atoms. The molecule has 128 valence electrons. The monoisotopic (exact) mass is 403 g/mol. The first-order valence-electron chi connectivity index (χ1n) is 7.55. The maximum atomic E-state index is 12.1. The van der Waals surface area contributed by atoms with Crippen molar-refractivity contribution in [3.63, 3.8) is 0 Å². The lowest BCUT2D eigenvalue weighted by Gasteiger charge is -2.25. The first kappa shape index (κ1) is 19.9. The van der Waals surface area contributed by atoms with Gasteiger partial charge in [-0.25, -0.2) is 0 Å². The normalized spacial score (nSPS) is 20.3. The van der Waals surface area contributed by atoms with E-state index in [1.807, 2.05) is 25.1 Å². The number of carbonyl (C=O) groups excluding carboxylic acids is 2. The van der Waals surface area contributed by atoms with Crippen LogP contribution in [0.3, 0.4) is 0 Å². The lowest BCUT2D eigenvalue weighted by atomic mass is 9.85. The lowest BCUT2D eigenvalue weighted by molar-refractivity contribution is -0.128. The standard InChI is InChI=1S/C16H22BrN3O2.ClH/c1-10-5-6-12(17)8-14(10)20-15(21)9-19-16(22)11-3-2-4-13(18)7-11;/h5-6,8,11,13H,2-4,7,9,18H2,1H3,(H,19,22)(H,20,21);1H. The second kappa shape index (κ2) is 9.25. The molecule has 0 spiro atoms. The topological polar surface area (TPSA) is 84.2 Å². The van der Waals surface area contributed by atoms with Crippen molar-refractivity contribution >= 4 is 45.8 Å². The zero-order valence-corrected chi connectivity index (χ0v) is 15.5. The van der Waals surface area contributed by atoms with Gasteiger partial charge in [-0.2, -0.15) is 0 Å². The molecule has 5 nitrogen and oxygen atoms in total. The van der Waals surface area contributed by atoms with Gasteiger partial charge < -0.3 is 16.4 Å². The molecular formula is C16H23BrClN3O2. The molecule has 7 heteroatoms. The van der Waals surface area contributed by atoms with Crippen LogP contribution < -0.4 is 16.4 Å². The van der Waals surface area contributed by atoms with E-state index in [0.717, 1.165) is 35.0 Å². The van der Waals surface area contributed by atoms with E-state index in [1.54, 1.807) is 0 Å².